The van der Waals surface area contributed by atoms with E-state index in [1.165, 1.54) is 6.08 Å². The summed E-state index contributed by atoms with van der Waals surface area (Å²) in [6, 6.07) is 10.1. The Morgan fingerprint density at radius 2 is 1.79 bits per heavy atom. The number of allylic oxidation sites excluding steroid dienone is 5. The van der Waals surface area contributed by atoms with E-state index in [2.05, 4.69) is 29.6 Å². The maximum atomic E-state index is 12.9. The predicted octanol–water partition coefficient (Wildman–Crippen LogP) is 4.87. The van der Waals surface area contributed by atoms with Gasteiger partial charge < -0.3 is 9.84 Å². The van der Waals surface area contributed by atoms with Gasteiger partial charge in [0.05, 0.1) is 6.10 Å². The molecule has 1 aromatic carbocycles. The van der Waals surface area contributed by atoms with E-state index in [4.69, 9.17) is 4.74 Å². The fraction of sp³-hybridized carbons (Fsp3) is 0.438. The highest BCUT2D eigenvalue weighted by Crippen LogP contribution is 2.25. The Bertz CT molecular complexity index is 1150. The molecule has 2 aliphatic rings. The molecule has 0 bridgehead atoms. The molecule has 0 radical (unpaired) electrons. The molecule has 2 heterocycles. The number of ether oxygens (including phenoxy) is 1. The molecule has 0 aliphatic carbocycles. The van der Waals surface area contributed by atoms with Gasteiger partial charge >= 0.3 is 5.97 Å². The average Bonchev–Trinajstić information content (AvgIpc) is 2.87. The van der Waals surface area contributed by atoms with E-state index in [0.717, 1.165) is 23.1 Å². The number of hydrogen-bond acceptors (Lipinski definition) is 6. The lowest BCUT2D eigenvalue weighted by molar-refractivity contribution is -0.142. The minimum atomic E-state index is -0.938. The molecule has 2 N–H and O–H groups in total. The minimum Gasteiger partial charge on any atom is -0.454 e. The van der Waals surface area contributed by atoms with Gasteiger partial charge in [-0.1, -0.05) is 74.6 Å². The topological polar surface area (TPSA) is 110 Å². The Hall–Kier alpha value is -3.58. The molecule has 39 heavy (non-hydrogen) atoms. The molecule has 3 rings (SSSR count). The predicted molar refractivity (Wildman–Crippen MR) is 150 cm³/mol. The zero-order valence-electron chi connectivity index (χ0n) is 23.0. The highest BCUT2D eigenvalue weighted by atomic mass is 16.5. The van der Waals surface area contributed by atoms with Gasteiger partial charge in [0, 0.05) is 37.2 Å². The highest BCUT2D eigenvalue weighted by molar-refractivity contribution is 5.97. The maximum absolute atomic E-state index is 12.9. The van der Waals surface area contributed by atoms with Gasteiger partial charge in [-0.25, -0.2) is 4.79 Å². The Balaban J connectivity index is 1.70. The summed E-state index contributed by atoms with van der Waals surface area (Å²) < 4.78 is 5.83. The second-order valence-electron chi connectivity index (χ2n) is 10.6. The first kappa shape index (κ1) is 30.0. The third-order valence-corrected chi connectivity index (χ3v) is 7.10. The molecule has 7 nitrogen and oxygen atoms in total. The zero-order chi connectivity index (χ0) is 28.4. The van der Waals surface area contributed by atoms with Crippen molar-refractivity contribution in [3.05, 3.63) is 77.9 Å². The summed E-state index contributed by atoms with van der Waals surface area (Å²) in [5.74, 6) is -2.23. The summed E-state index contributed by atoms with van der Waals surface area (Å²) in [4.78, 5) is 48.6. The largest absolute Gasteiger partial charge is 0.454 e. The number of amides is 2. The van der Waals surface area contributed by atoms with Crippen LogP contribution in [-0.4, -0.2) is 40.9 Å². The van der Waals surface area contributed by atoms with E-state index in [1.54, 1.807) is 13.0 Å². The summed E-state index contributed by atoms with van der Waals surface area (Å²) >= 11 is 0. The summed E-state index contributed by atoms with van der Waals surface area (Å²) in [7, 11) is 0. The van der Waals surface area contributed by atoms with E-state index < -0.39 is 24.1 Å². The average molecular weight is 534 g/mol. The monoisotopic (exact) mass is 533 g/mol. The van der Waals surface area contributed by atoms with E-state index in [9.17, 15) is 24.3 Å². The van der Waals surface area contributed by atoms with Gasteiger partial charge in [-0.15, -0.1) is 0 Å². The summed E-state index contributed by atoms with van der Waals surface area (Å²) in [5.41, 5.74) is 2.96. The van der Waals surface area contributed by atoms with Crippen LogP contribution in [0.15, 0.2) is 72.4 Å². The lowest BCUT2D eigenvalue weighted by atomic mass is 9.87. The van der Waals surface area contributed by atoms with Gasteiger partial charge in [0.25, 0.3) is 0 Å². The number of piperidine rings is 1. The van der Waals surface area contributed by atoms with Crippen LogP contribution in [0.25, 0.3) is 5.57 Å². The molecule has 4 atom stereocenters. The molecule has 7 heteroatoms. The van der Waals surface area contributed by atoms with Crippen LogP contribution in [0.3, 0.4) is 0 Å². The smallest absolute Gasteiger partial charge is 0.331 e. The molecular weight excluding hydrogens is 494 g/mol. The highest BCUT2D eigenvalue weighted by Gasteiger charge is 2.28. The second-order valence-corrected chi connectivity index (χ2v) is 10.6. The van der Waals surface area contributed by atoms with Gasteiger partial charge in [-0.2, -0.15) is 0 Å². The van der Waals surface area contributed by atoms with Gasteiger partial charge in [0.2, 0.25) is 11.8 Å². The van der Waals surface area contributed by atoms with Crippen LogP contribution in [0.5, 0.6) is 0 Å². The molecule has 0 unspecified atom stereocenters. The number of nitrogens with one attached hydrogen (secondary N) is 1. The fourth-order valence-corrected chi connectivity index (χ4v) is 5.05. The van der Waals surface area contributed by atoms with Crippen molar-refractivity contribution in [3.63, 3.8) is 0 Å². The summed E-state index contributed by atoms with van der Waals surface area (Å²) in [6.07, 6.45) is 11.8. The van der Waals surface area contributed by atoms with Crippen LogP contribution in [0, 0.1) is 17.8 Å². The van der Waals surface area contributed by atoms with Crippen molar-refractivity contribution < 1.29 is 29.0 Å². The first-order valence-electron chi connectivity index (χ1n) is 13.6. The van der Waals surface area contributed by atoms with E-state index in [-0.39, 0.29) is 55.1 Å². The first-order chi connectivity index (χ1) is 18.6. The van der Waals surface area contributed by atoms with Gasteiger partial charge in [0.1, 0.15) is 11.9 Å². The number of benzene rings is 1. The lowest BCUT2D eigenvalue weighted by Crippen LogP contribution is -2.39. The van der Waals surface area contributed by atoms with Crippen LogP contribution < -0.4 is 5.32 Å². The quantitative estimate of drug-likeness (QED) is 0.280. The van der Waals surface area contributed by atoms with Crippen LogP contribution >= 0.6 is 0 Å². The maximum Gasteiger partial charge on any atom is 0.331 e. The second kappa shape index (κ2) is 14.5. The number of imide groups is 1. The van der Waals surface area contributed by atoms with Crippen molar-refractivity contribution in [2.45, 2.75) is 71.5 Å². The summed E-state index contributed by atoms with van der Waals surface area (Å²) in [5, 5.41) is 12.7. The number of cyclic esters (lactones) is 1. The van der Waals surface area contributed by atoms with Gasteiger partial charge in [-0.05, 0) is 48.8 Å². The lowest BCUT2D eigenvalue weighted by Gasteiger charge is -2.24. The number of hydrogen-bond donors (Lipinski definition) is 2. The van der Waals surface area contributed by atoms with E-state index in [0.29, 0.717) is 6.42 Å². The molecule has 0 saturated carbocycles. The fourth-order valence-electron chi connectivity index (χ4n) is 5.05. The van der Waals surface area contributed by atoms with Crippen molar-refractivity contribution in [2.75, 3.05) is 0 Å². The van der Waals surface area contributed by atoms with Crippen LogP contribution in [0.2, 0.25) is 0 Å². The number of aliphatic hydroxyl groups is 1. The van der Waals surface area contributed by atoms with Crippen LogP contribution in [0.4, 0.5) is 0 Å². The SMILES string of the molecule is C/C(=C\[C@H](C)C(=O)C[C@H](O)CC1CC(=O)NC(=O)C1)[C@@H]1OC(=O)/C=C/CC/C=C(c2ccccc2)/C=C\[C@@H]1C. The molecule has 0 aromatic heterocycles. The molecule has 0 spiro atoms. The Kier molecular flexibility index (Phi) is 11.2. The van der Waals surface area contributed by atoms with Crippen molar-refractivity contribution in [2.24, 2.45) is 17.8 Å². The number of aliphatic hydroxyl groups excluding tert-OH is 1. The number of Topliss-reactive ketones (excluding diaryl/α,β-unsaturated/α-hetero) is 1. The van der Waals surface area contributed by atoms with Crippen LogP contribution in [-0.2, 0) is 23.9 Å². The minimum absolute atomic E-state index is 0.0782. The first-order valence-corrected chi connectivity index (χ1v) is 13.6. The molecule has 2 amide bonds. The van der Waals surface area contributed by atoms with Crippen molar-refractivity contribution in [3.8, 4) is 0 Å². The van der Waals surface area contributed by atoms with E-state index in [1.807, 2.05) is 44.2 Å². The number of carbonyl (C=O) groups excluding carboxylic acids is 4. The standard InChI is InChI=1S/C32H39NO6/c1-21-14-15-26(25-10-6-4-7-11-25)12-8-5-9-13-31(38)39-32(21)23(3)16-22(2)28(35)20-27(34)17-24-18-29(36)33-30(37)19-24/h4,6-7,9-16,21-22,24,27,32,34H,5,8,17-20H2,1-3H3,(H,33,36,37)/b13-9+,15-14-,23-16+,26-12-/t21-,22-,27+,32+/m0/s1. The normalized spacial score (nSPS) is 26.1. The van der Waals surface area contributed by atoms with E-state index >= 15 is 0 Å². The van der Waals surface area contributed by atoms with Crippen LogP contribution in [0.1, 0.15) is 64.9 Å². The number of rotatable bonds is 8. The third-order valence-electron chi connectivity index (χ3n) is 7.10. The van der Waals surface area contributed by atoms with Gasteiger partial charge in [0.15, 0.2) is 0 Å². The van der Waals surface area contributed by atoms with Gasteiger partial charge in [-0.3, -0.25) is 19.7 Å². The molecule has 208 valence electrons. The summed E-state index contributed by atoms with van der Waals surface area (Å²) in [6.45, 7) is 5.57. The molecule has 1 aromatic rings. The van der Waals surface area contributed by atoms with Crippen molar-refractivity contribution in [1.29, 1.82) is 0 Å². The number of esters is 1. The third kappa shape index (κ3) is 9.59. The zero-order valence-corrected chi connectivity index (χ0v) is 23.0. The molecule has 1 saturated heterocycles. The Morgan fingerprint density at radius 1 is 1.10 bits per heavy atom. The number of carbonyl (C=O) groups is 4. The van der Waals surface area contributed by atoms with Crippen molar-refractivity contribution >= 4 is 29.1 Å². The molecular formula is C32H39NO6. The molecule has 1 fully saturated rings. The Labute approximate surface area is 230 Å². The Morgan fingerprint density at radius 3 is 2.49 bits per heavy atom. The molecule has 2 aliphatic heterocycles. The van der Waals surface area contributed by atoms with Crippen molar-refractivity contribution in [1.82, 2.24) is 5.32 Å². The number of ketones is 1.